The molecule has 1 amide bonds. The van der Waals surface area contributed by atoms with Crippen molar-refractivity contribution < 1.29 is 4.79 Å². The van der Waals surface area contributed by atoms with Gasteiger partial charge in [0.25, 0.3) is 0 Å². The first-order chi connectivity index (χ1) is 12.7. The van der Waals surface area contributed by atoms with Crippen molar-refractivity contribution in [2.24, 2.45) is 0 Å². The third-order valence-corrected chi connectivity index (χ3v) is 7.09. The number of piperazine rings is 1. The van der Waals surface area contributed by atoms with Crippen molar-refractivity contribution in [3.05, 3.63) is 0 Å². The average molecular weight is 363 g/mol. The van der Waals surface area contributed by atoms with Crippen molar-refractivity contribution in [2.45, 2.75) is 75.9 Å². The Kier molecular flexibility index (Phi) is 6.17. The molecule has 0 aromatic rings. The van der Waals surface area contributed by atoms with Crippen LogP contribution in [0.4, 0.5) is 0 Å². The molecular formula is C21H38N4O. The molecule has 5 heteroatoms. The fourth-order valence-corrected chi connectivity index (χ4v) is 5.34. The molecule has 2 saturated carbocycles. The van der Waals surface area contributed by atoms with Gasteiger partial charge in [0.1, 0.15) is 0 Å². The minimum Gasteiger partial charge on any atom is -0.336 e. The van der Waals surface area contributed by atoms with Crippen molar-refractivity contribution in [1.29, 1.82) is 0 Å². The molecule has 0 aromatic heterocycles. The predicted octanol–water partition coefficient (Wildman–Crippen LogP) is 2.02. The Morgan fingerprint density at radius 2 is 1.50 bits per heavy atom. The number of likely N-dealkylation sites (N-methyl/N-ethyl adjacent to an activating group) is 1. The summed E-state index contributed by atoms with van der Waals surface area (Å²) in [5.74, 6) is 0.429. The van der Waals surface area contributed by atoms with Gasteiger partial charge in [-0.05, 0) is 52.1 Å². The van der Waals surface area contributed by atoms with E-state index in [1.165, 1.54) is 84.0 Å². The molecule has 4 rings (SSSR count). The topological polar surface area (TPSA) is 30.0 Å². The lowest BCUT2D eigenvalue weighted by atomic mass is 10.1. The first kappa shape index (κ1) is 18.7. The summed E-state index contributed by atoms with van der Waals surface area (Å²) in [5, 5.41) is 0. The second-order valence-electron chi connectivity index (χ2n) is 9.19. The standard InChI is InChI=1S/C21H38N4O/c1-22-12-14-24(15-13-22)20-8-4-5-11-23(16-20)17-21(26)25(19-9-10-19)18-6-2-3-7-18/h18-20H,2-17H2,1H3/t20-/m1/s1. The average Bonchev–Trinajstić information content (AvgIpc) is 3.37. The highest BCUT2D eigenvalue weighted by Crippen LogP contribution is 2.34. The molecule has 1 atom stereocenters. The molecule has 26 heavy (non-hydrogen) atoms. The molecule has 148 valence electrons. The molecule has 2 aliphatic carbocycles. The lowest BCUT2D eigenvalue weighted by Crippen LogP contribution is -2.53. The van der Waals surface area contributed by atoms with Crippen molar-refractivity contribution in [3.63, 3.8) is 0 Å². The molecule has 4 fully saturated rings. The number of nitrogens with zero attached hydrogens (tertiary/aromatic N) is 4. The van der Waals surface area contributed by atoms with Crippen molar-refractivity contribution in [2.75, 3.05) is 52.9 Å². The summed E-state index contributed by atoms with van der Waals surface area (Å²) in [5.41, 5.74) is 0. The van der Waals surface area contributed by atoms with Crippen LogP contribution in [-0.2, 0) is 4.79 Å². The van der Waals surface area contributed by atoms with E-state index in [1.54, 1.807) is 0 Å². The number of likely N-dealkylation sites (tertiary alicyclic amines) is 1. The molecule has 0 N–H and O–H groups in total. The first-order valence-electron chi connectivity index (χ1n) is 11.2. The van der Waals surface area contributed by atoms with Crippen LogP contribution in [0, 0.1) is 0 Å². The van der Waals surface area contributed by atoms with Crippen molar-refractivity contribution >= 4 is 5.91 Å². The van der Waals surface area contributed by atoms with Gasteiger partial charge in [0.05, 0.1) is 6.54 Å². The highest BCUT2D eigenvalue weighted by atomic mass is 16.2. The van der Waals surface area contributed by atoms with Gasteiger partial charge in [-0.1, -0.05) is 19.3 Å². The largest absolute Gasteiger partial charge is 0.336 e. The number of amides is 1. The van der Waals surface area contributed by atoms with Gasteiger partial charge in [-0.25, -0.2) is 0 Å². The van der Waals surface area contributed by atoms with Crippen LogP contribution in [0.1, 0.15) is 57.8 Å². The summed E-state index contributed by atoms with van der Waals surface area (Å²) < 4.78 is 0. The maximum absolute atomic E-state index is 13.2. The fraction of sp³-hybridized carbons (Fsp3) is 0.952. The Labute approximate surface area is 159 Å². The molecule has 2 aliphatic heterocycles. The summed E-state index contributed by atoms with van der Waals surface area (Å²) in [6.45, 7) is 7.63. The second kappa shape index (κ2) is 8.57. The zero-order valence-corrected chi connectivity index (χ0v) is 16.7. The molecule has 0 radical (unpaired) electrons. The molecule has 5 nitrogen and oxygen atoms in total. The van der Waals surface area contributed by atoms with Crippen LogP contribution in [0.5, 0.6) is 0 Å². The molecule has 0 aromatic carbocycles. The Balaban J connectivity index is 1.34. The Bertz CT molecular complexity index is 467. The number of hydrogen-bond donors (Lipinski definition) is 0. The zero-order chi connectivity index (χ0) is 17.9. The summed E-state index contributed by atoms with van der Waals surface area (Å²) in [4.78, 5) is 23.1. The smallest absolute Gasteiger partial charge is 0.237 e. The van der Waals surface area contributed by atoms with Gasteiger partial charge in [0.2, 0.25) is 5.91 Å². The molecule has 4 aliphatic rings. The zero-order valence-electron chi connectivity index (χ0n) is 16.7. The summed E-state index contributed by atoms with van der Waals surface area (Å²) in [6.07, 6.45) is 11.5. The van der Waals surface area contributed by atoms with Crippen molar-refractivity contribution in [3.8, 4) is 0 Å². The van der Waals surface area contributed by atoms with Crippen LogP contribution in [-0.4, -0.2) is 96.5 Å². The van der Waals surface area contributed by atoms with Crippen LogP contribution >= 0.6 is 0 Å². The van der Waals surface area contributed by atoms with Gasteiger partial charge in [0, 0.05) is 50.8 Å². The Hall–Kier alpha value is -0.650. The summed E-state index contributed by atoms with van der Waals surface area (Å²) in [7, 11) is 2.23. The molecule has 2 heterocycles. The van der Waals surface area contributed by atoms with Crippen LogP contribution in [0.15, 0.2) is 0 Å². The van der Waals surface area contributed by atoms with E-state index in [2.05, 4.69) is 26.6 Å². The van der Waals surface area contributed by atoms with Gasteiger partial charge in [-0.2, -0.15) is 0 Å². The van der Waals surface area contributed by atoms with Crippen LogP contribution in [0.25, 0.3) is 0 Å². The summed E-state index contributed by atoms with van der Waals surface area (Å²) >= 11 is 0. The minimum absolute atomic E-state index is 0.429. The fourth-order valence-electron chi connectivity index (χ4n) is 5.34. The third kappa shape index (κ3) is 4.60. The highest BCUT2D eigenvalue weighted by Gasteiger charge is 2.39. The molecule has 0 bridgehead atoms. The number of carbonyl (C=O) groups excluding carboxylic acids is 1. The number of hydrogen-bond acceptors (Lipinski definition) is 4. The molecule has 2 saturated heterocycles. The van der Waals surface area contributed by atoms with E-state index >= 15 is 0 Å². The van der Waals surface area contributed by atoms with E-state index in [-0.39, 0.29) is 0 Å². The SMILES string of the molecule is CN1CCN([C@@H]2CCCCN(CC(=O)N(C3CCCC3)C3CC3)C2)CC1. The van der Waals surface area contributed by atoms with E-state index in [1.807, 2.05) is 0 Å². The molecular weight excluding hydrogens is 324 g/mol. The normalized spacial score (nSPS) is 30.4. The van der Waals surface area contributed by atoms with Gasteiger partial charge in [-0.15, -0.1) is 0 Å². The Morgan fingerprint density at radius 1 is 0.846 bits per heavy atom. The maximum atomic E-state index is 13.2. The van der Waals surface area contributed by atoms with Gasteiger partial charge < -0.3 is 9.80 Å². The quantitative estimate of drug-likeness (QED) is 0.749. The van der Waals surface area contributed by atoms with E-state index in [9.17, 15) is 4.79 Å². The Morgan fingerprint density at radius 3 is 2.19 bits per heavy atom. The van der Waals surface area contributed by atoms with E-state index < -0.39 is 0 Å². The van der Waals surface area contributed by atoms with E-state index in [0.717, 1.165) is 13.1 Å². The minimum atomic E-state index is 0.429. The van der Waals surface area contributed by atoms with Gasteiger partial charge in [-0.3, -0.25) is 14.6 Å². The molecule has 0 unspecified atom stereocenters. The van der Waals surface area contributed by atoms with Crippen molar-refractivity contribution in [1.82, 2.24) is 19.6 Å². The molecule has 0 spiro atoms. The van der Waals surface area contributed by atoms with Crippen LogP contribution in [0.3, 0.4) is 0 Å². The first-order valence-corrected chi connectivity index (χ1v) is 11.2. The van der Waals surface area contributed by atoms with Gasteiger partial charge >= 0.3 is 0 Å². The third-order valence-electron chi connectivity index (χ3n) is 7.09. The highest BCUT2D eigenvalue weighted by molar-refractivity contribution is 5.79. The lowest BCUT2D eigenvalue weighted by Gasteiger charge is -2.39. The van der Waals surface area contributed by atoms with E-state index in [0.29, 0.717) is 30.6 Å². The maximum Gasteiger partial charge on any atom is 0.237 e. The van der Waals surface area contributed by atoms with Gasteiger partial charge in [0.15, 0.2) is 0 Å². The summed E-state index contributed by atoms with van der Waals surface area (Å²) in [6, 6.07) is 1.78. The van der Waals surface area contributed by atoms with Crippen LogP contribution < -0.4 is 0 Å². The monoisotopic (exact) mass is 362 g/mol. The lowest BCUT2D eigenvalue weighted by molar-refractivity contribution is -0.135. The number of carbonyl (C=O) groups is 1. The second-order valence-corrected chi connectivity index (χ2v) is 9.19. The predicted molar refractivity (Wildman–Crippen MR) is 105 cm³/mol. The van der Waals surface area contributed by atoms with E-state index in [4.69, 9.17) is 0 Å². The number of rotatable bonds is 5. The van der Waals surface area contributed by atoms with Crippen LogP contribution in [0.2, 0.25) is 0 Å².